The molecule has 0 unspecified atom stereocenters. The number of carbonyl (C=O) groups excluding carboxylic acids is 1. The smallest absolute Gasteiger partial charge is 0.142 e. The van der Waals surface area contributed by atoms with Gasteiger partial charge >= 0.3 is 0 Å². The van der Waals surface area contributed by atoms with Crippen LogP contribution in [0.1, 0.15) is 51.4 Å². The van der Waals surface area contributed by atoms with Crippen molar-refractivity contribution in [2.24, 2.45) is 11.8 Å². The number of carbonyl (C=O) groups is 1. The maximum absolute atomic E-state index is 12.1. The van der Waals surface area contributed by atoms with Gasteiger partial charge in [0.1, 0.15) is 5.78 Å². The molecule has 0 aromatic carbocycles. The van der Waals surface area contributed by atoms with Crippen molar-refractivity contribution in [1.82, 2.24) is 0 Å². The van der Waals surface area contributed by atoms with E-state index in [0.717, 1.165) is 19.3 Å². The maximum Gasteiger partial charge on any atom is 0.142 e. The van der Waals surface area contributed by atoms with Gasteiger partial charge in [-0.15, -0.1) is 0 Å². The predicted octanol–water partition coefficient (Wildman–Crippen LogP) is 3.49. The topological polar surface area (TPSA) is 17.1 Å². The van der Waals surface area contributed by atoms with Crippen LogP contribution in [0.15, 0.2) is 12.2 Å². The molecule has 1 nitrogen and oxygen atoms in total. The van der Waals surface area contributed by atoms with Crippen LogP contribution in [0.2, 0.25) is 0 Å². The average Bonchev–Trinajstić information content (AvgIpc) is 2.30. The van der Waals surface area contributed by atoms with Gasteiger partial charge in [-0.1, -0.05) is 31.4 Å². The lowest BCUT2D eigenvalue weighted by Gasteiger charge is -2.25. The lowest BCUT2D eigenvalue weighted by Crippen LogP contribution is -2.25. The van der Waals surface area contributed by atoms with Crippen LogP contribution in [-0.4, -0.2) is 5.78 Å². The number of ketones is 1. The fraction of sp³-hybridized carbons (Fsp3) is 0.769. The molecule has 78 valence electrons. The Labute approximate surface area is 86.6 Å². The fourth-order valence-corrected chi connectivity index (χ4v) is 2.74. The van der Waals surface area contributed by atoms with Crippen molar-refractivity contribution >= 4 is 5.78 Å². The molecule has 1 saturated carbocycles. The first kappa shape index (κ1) is 9.95. The minimum Gasteiger partial charge on any atom is -0.299 e. The second-order valence-corrected chi connectivity index (χ2v) is 4.70. The summed E-state index contributed by atoms with van der Waals surface area (Å²) in [5, 5.41) is 0. The van der Waals surface area contributed by atoms with Gasteiger partial charge in [-0.25, -0.2) is 0 Å². The Morgan fingerprint density at radius 2 is 1.79 bits per heavy atom. The van der Waals surface area contributed by atoms with Crippen LogP contribution in [0.5, 0.6) is 0 Å². The minimum atomic E-state index is 0.270. The molecular formula is C13H20O. The first-order valence-electron chi connectivity index (χ1n) is 6.08. The maximum atomic E-state index is 12.1. The number of hydrogen-bond donors (Lipinski definition) is 0. The first-order chi connectivity index (χ1) is 6.88. The van der Waals surface area contributed by atoms with Crippen LogP contribution in [-0.2, 0) is 4.79 Å². The van der Waals surface area contributed by atoms with Crippen molar-refractivity contribution in [2.45, 2.75) is 51.4 Å². The van der Waals surface area contributed by atoms with Crippen LogP contribution in [0.25, 0.3) is 0 Å². The van der Waals surface area contributed by atoms with Crippen molar-refractivity contribution in [3.8, 4) is 0 Å². The Morgan fingerprint density at radius 3 is 2.43 bits per heavy atom. The van der Waals surface area contributed by atoms with Crippen molar-refractivity contribution in [1.29, 1.82) is 0 Å². The van der Waals surface area contributed by atoms with Crippen LogP contribution < -0.4 is 0 Å². The van der Waals surface area contributed by atoms with Crippen LogP contribution in [0.3, 0.4) is 0 Å². The van der Waals surface area contributed by atoms with Gasteiger partial charge in [0, 0.05) is 11.8 Å². The molecule has 0 amide bonds. The van der Waals surface area contributed by atoms with E-state index in [4.69, 9.17) is 0 Å². The molecular weight excluding hydrogens is 172 g/mol. The van der Waals surface area contributed by atoms with Crippen LogP contribution in [0, 0.1) is 11.8 Å². The third kappa shape index (κ3) is 2.26. The van der Waals surface area contributed by atoms with Crippen molar-refractivity contribution < 1.29 is 4.79 Å². The normalized spacial score (nSPS) is 29.0. The summed E-state index contributed by atoms with van der Waals surface area (Å²) in [7, 11) is 0. The molecule has 1 atom stereocenters. The molecule has 1 fully saturated rings. The van der Waals surface area contributed by atoms with E-state index in [0.29, 0.717) is 11.7 Å². The number of allylic oxidation sites excluding steroid dienone is 2. The Kier molecular flexibility index (Phi) is 3.39. The molecule has 0 aliphatic heterocycles. The number of hydrogen-bond acceptors (Lipinski definition) is 1. The first-order valence-corrected chi connectivity index (χ1v) is 6.08. The van der Waals surface area contributed by atoms with Gasteiger partial charge in [0.25, 0.3) is 0 Å². The molecule has 0 bridgehead atoms. The van der Waals surface area contributed by atoms with Gasteiger partial charge in [-0.2, -0.15) is 0 Å². The summed E-state index contributed by atoms with van der Waals surface area (Å²) >= 11 is 0. The second kappa shape index (κ2) is 4.77. The highest BCUT2D eigenvalue weighted by molar-refractivity contribution is 5.85. The third-order valence-corrected chi connectivity index (χ3v) is 3.63. The standard InChI is InChI=1S/C13H20O/c14-13(11-7-3-1-4-8-11)12-9-5-2-6-10-12/h3,7,11-12H,1-2,4-6,8-10H2/t11-/m1/s1. The average molecular weight is 192 g/mol. The van der Waals surface area contributed by atoms with Crippen molar-refractivity contribution in [3.63, 3.8) is 0 Å². The highest BCUT2D eigenvalue weighted by atomic mass is 16.1. The van der Waals surface area contributed by atoms with Gasteiger partial charge in [0.15, 0.2) is 0 Å². The van der Waals surface area contributed by atoms with Gasteiger partial charge in [-0.05, 0) is 32.1 Å². The van der Waals surface area contributed by atoms with Gasteiger partial charge in [-0.3, -0.25) is 4.79 Å². The van der Waals surface area contributed by atoms with Crippen molar-refractivity contribution in [3.05, 3.63) is 12.2 Å². The summed E-state index contributed by atoms with van der Waals surface area (Å²) in [6.07, 6.45) is 14.0. The summed E-state index contributed by atoms with van der Waals surface area (Å²) in [6.45, 7) is 0. The monoisotopic (exact) mass is 192 g/mol. The predicted molar refractivity (Wildman–Crippen MR) is 58.1 cm³/mol. The quantitative estimate of drug-likeness (QED) is 0.612. The molecule has 0 N–H and O–H groups in total. The Bertz CT molecular complexity index is 223. The molecule has 0 heterocycles. The van der Waals surface area contributed by atoms with E-state index >= 15 is 0 Å². The SMILES string of the molecule is O=C(C1CCCCC1)[C@@H]1C=CCCC1. The summed E-state index contributed by atoms with van der Waals surface area (Å²) in [4.78, 5) is 12.1. The number of Topliss-reactive ketones (excluding diaryl/α,β-unsaturated/α-hetero) is 1. The minimum absolute atomic E-state index is 0.270. The molecule has 2 aliphatic carbocycles. The molecule has 2 rings (SSSR count). The molecule has 0 saturated heterocycles. The van der Waals surface area contributed by atoms with E-state index in [-0.39, 0.29) is 5.92 Å². The zero-order valence-corrected chi connectivity index (χ0v) is 8.87. The van der Waals surface area contributed by atoms with E-state index in [2.05, 4.69) is 12.2 Å². The Balaban J connectivity index is 1.92. The van der Waals surface area contributed by atoms with Gasteiger partial charge < -0.3 is 0 Å². The molecule has 0 radical (unpaired) electrons. The van der Waals surface area contributed by atoms with Gasteiger partial charge in [0.2, 0.25) is 0 Å². The van der Waals surface area contributed by atoms with Crippen LogP contribution >= 0.6 is 0 Å². The second-order valence-electron chi connectivity index (χ2n) is 4.70. The van der Waals surface area contributed by atoms with E-state index in [1.54, 1.807) is 0 Å². The highest BCUT2D eigenvalue weighted by Gasteiger charge is 2.26. The largest absolute Gasteiger partial charge is 0.299 e. The van der Waals surface area contributed by atoms with E-state index in [1.807, 2.05) is 0 Å². The molecule has 0 aromatic rings. The summed E-state index contributed by atoms with van der Waals surface area (Å²) < 4.78 is 0. The third-order valence-electron chi connectivity index (χ3n) is 3.63. The Hall–Kier alpha value is -0.590. The fourth-order valence-electron chi connectivity index (χ4n) is 2.74. The van der Waals surface area contributed by atoms with Gasteiger partial charge in [0.05, 0.1) is 0 Å². The van der Waals surface area contributed by atoms with E-state index in [1.165, 1.54) is 32.1 Å². The lowest BCUT2D eigenvalue weighted by atomic mass is 9.79. The number of rotatable bonds is 2. The van der Waals surface area contributed by atoms with Crippen LogP contribution in [0.4, 0.5) is 0 Å². The molecule has 2 aliphatic rings. The molecule has 1 heteroatoms. The zero-order valence-electron chi connectivity index (χ0n) is 8.87. The zero-order chi connectivity index (χ0) is 9.80. The van der Waals surface area contributed by atoms with Crippen molar-refractivity contribution in [2.75, 3.05) is 0 Å². The summed E-state index contributed by atoms with van der Waals surface area (Å²) in [5.41, 5.74) is 0. The molecule has 0 spiro atoms. The molecule has 0 aromatic heterocycles. The molecule has 14 heavy (non-hydrogen) atoms. The van der Waals surface area contributed by atoms with E-state index < -0.39 is 0 Å². The summed E-state index contributed by atoms with van der Waals surface area (Å²) in [5.74, 6) is 1.21. The van der Waals surface area contributed by atoms with E-state index in [9.17, 15) is 4.79 Å². The Morgan fingerprint density at radius 1 is 1.00 bits per heavy atom. The lowest BCUT2D eigenvalue weighted by molar-refractivity contribution is -0.126. The summed E-state index contributed by atoms with van der Waals surface area (Å²) in [6, 6.07) is 0. The highest BCUT2D eigenvalue weighted by Crippen LogP contribution is 2.29.